The first-order valence-corrected chi connectivity index (χ1v) is 7.05. The number of nitrogens with zero attached hydrogens (tertiary/aromatic N) is 2. The van der Waals surface area contributed by atoms with Gasteiger partial charge in [-0.05, 0) is 37.8 Å². The van der Waals surface area contributed by atoms with Gasteiger partial charge in [-0.25, -0.2) is 4.98 Å². The molecule has 1 aromatic heterocycles. The molecular weight excluding hydrogens is 258 g/mol. The highest BCUT2D eigenvalue weighted by atomic mass is 32.1. The molecule has 0 spiro atoms. The third kappa shape index (κ3) is 3.64. The van der Waals surface area contributed by atoms with Crippen LogP contribution in [0.25, 0.3) is 0 Å². The lowest BCUT2D eigenvalue weighted by molar-refractivity contribution is 0.0685. The molecule has 0 radical (unpaired) electrons. The Balaban J connectivity index is 2.14. The Morgan fingerprint density at radius 1 is 1.47 bits per heavy atom. The zero-order valence-electron chi connectivity index (χ0n) is 11.6. The first kappa shape index (κ1) is 14.2. The largest absolute Gasteiger partial charge is 0.389 e. The summed E-state index contributed by atoms with van der Waals surface area (Å²) in [6.45, 7) is 4.67. The maximum absolute atomic E-state index is 5.78. The van der Waals surface area contributed by atoms with Crippen molar-refractivity contribution in [3.05, 3.63) is 23.4 Å². The van der Waals surface area contributed by atoms with Crippen molar-refractivity contribution in [2.75, 3.05) is 31.7 Å². The van der Waals surface area contributed by atoms with Crippen molar-refractivity contribution in [2.24, 2.45) is 11.7 Å². The molecule has 5 heteroatoms. The Morgan fingerprint density at radius 3 is 2.79 bits per heavy atom. The minimum atomic E-state index is 0.404. The zero-order chi connectivity index (χ0) is 13.8. The lowest BCUT2D eigenvalue weighted by Crippen LogP contribution is -2.31. The van der Waals surface area contributed by atoms with Gasteiger partial charge in [0.05, 0.1) is 5.56 Å². The number of aromatic nitrogens is 1. The molecule has 19 heavy (non-hydrogen) atoms. The summed E-state index contributed by atoms with van der Waals surface area (Å²) >= 11 is 5.11. The molecular formula is C14H21N3OS. The highest BCUT2D eigenvalue weighted by Gasteiger charge is 2.18. The Bertz CT molecular complexity index is 458. The van der Waals surface area contributed by atoms with Gasteiger partial charge in [0.2, 0.25) is 0 Å². The van der Waals surface area contributed by atoms with E-state index in [-0.39, 0.29) is 0 Å². The normalized spacial score (nSPS) is 16.3. The number of thiocarbonyl (C=S) groups is 1. The molecule has 4 nitrogen and oxygen atoms in total. The fourth-order valence-corrected chi connectivity index (χ4v) is 2.59. The summed E-state index contributed by atoms with van der Waals surface area (Å²) in [5.74, 6) is 1.54. The molecule has 0 aliphatic carbocycles. The van der Waals surface area contributed by atoms with Crippen molar-refractivity contribution in [3.63, 3.8) is 0 Å². The molecule has 2 rings (SSSR count). The fourth-order valence-electron chi connectivity index (χ4n) is 2.43. The fraction of sp³-hybridized carbons (Fsp3) is 0.571. The van der Waals surface area contributed by atoms with Crippen LogP contribution in [0.4, 0.5) is 5.82 Å². The second-order valence-corrected chi connectivity index (χ2v) is 5.56. The minimum absolute atomic E-state index is 0.404. The van der Waals surface area contributed by atoms with Crippen LogP contribution in [0.5, 0.6) is 0 Å². The van der Waals surface area contributed by atoms with E-state index in [4.69, 9.17) is 22.7 Å². The van der Waals surface area contributed by atoms with Gasteiger partial charge >= 0.3 is 0 Å². The van der Waals surface area contributed by atoms with Gasteiger partial charge in [0.25, 0.3) is 0 Å². The third-order valence-electron chi connectivity index (χ3n) is 3.51. The van der Waals surface area contributed by atoms with Crippen molar-refractivity contribution in [2.45, 2.75) is 19.8 Å². The van der Waals surface area contributed by atoms with Crippen molar-refractivity contribution in [1.82, 2.24) is 4.98 Å². The van der Waals surface area contributed by atoms with Crippen LogP contribution in [0.1, 0.15) is 24.1 Å². The first-order chi connectivity index (χ1) is 9.08. The summed E-state index contributed by atoms with van der Waals surface area (Å²) in [6.07, 6.45) is 2.22. The van der Waals surface area contributed by atoms with Crippen LogP contribution in [0.2, 0.25) is 0 Å². The molecule has 0 unspecified atom stereocenters. The number of rotatable bonds is 4. The van der Waals surface area contributed by atoms with E-state index in [1.54, 1.807) is 0 Å². The highest BCUT2D eigenvalue weighted by Crippen LogP contribution is 2.22. The van der Waals surface area contributed by atoms with Crippen molar-refractivity contribution in [1.29, 1.82) is 0 Å². The second-order valence-electron chi connectivity index (χ2n) is 5.12. The second kappa shape index (κ2) is 6.30. The number of ether oxygens (including phenoxy) is 1. The SMILES string of the molecule is Cc1ccc(C(N)=S)c(N(C)CC2CCOCC2)n1. The smallest absolute Gasteiger partial charge is 0.138 e. The highest BCUT2D eigenvalue weighted by molar-refractivity contribution is 7.80. The van der Waals surface area contributed by atoms with Gasteiger partial charge in [-0.15, -0.1) is 0 Å². The number of pyridine rings is 1. The minimum Gasteiger partial charge on any atom is -0.389 e. The summed E-state index contributed by atoms with van der Waals surface area (Å²) in [6, 6.07) is 3.90. The number of anilines is 1. The zero-order valence-corrected chi connectivity index (χ0v) is 12.4. The summed E-state index contributed by atoms with van der Waals surface area (Å²) < 4.78 is 5.39. The Hall–Kier alpha value is -1.20. The number of nitrogens with two attached hydrogens (primary N) is 1. The summed E-state index contributed by atoms with van der Waals surface area (Å²) in [5, 5.41) is 0. The van der Waals surface area contributed by atoms with Crippen LogP contribution in [0.3, 0.4) is 0 Å². The predicted molar refractivity (Wildman–Crippen MR) is 81.7 cm³/mol. The molecule has 2 heterocycles. The molecule has 0 aromatic carbocycles. The molecule has 0 bridgehead atoms. The predicted octanol–water partition coefficient (Wildman–Crippen LogP) is 1.89. The van der Waals surface area contributed by atoms with E-state index in [1.807, 2.05) is 19.1 Å². The maximum atomic E-state index is 5.78. The lowest BCUT2D eigenvalue weighted by Gasteiger charge is -2.29. The summed E-state index contributed by atoms with van der Waals surface area (Å²) in [7, 11) is 2.05. The molecule has 0 atom stereocenters. The van der Waals surface area contributed by atoms with Crippen LogP contribution in [0.15, 0.2) is 12.1 Å². The molecule has 0 amide bonds. The van der Waals surface area contributed by atoms with Gasteiger partial charge in [-0.2, -0.15) is 0 Å². The van der Waals surface area contributed by atoms with E-state index >= 15 is 0 Å². The van der Waals surface area contributed by atoms with Gasteiger partial charge in [0, 0.05) is 32.5 Å². The average molecular weight is 279 g/mol. The Morgan fingerprint density at radius 2 is 2.16 bits per heavy atom. The lowest BCUT2D eigenvalue weighted by atomic mass is 10.00. The first-order valence-electron chi connectivity index (χ1n) is 6.64. The molecule has 1 aromatic rings. The third-order valence-corrected chi connectivity index (χ3v) is 3.73. The van der Waals surface area contributed by atoms with Crippen LogP contribution in [-0.4, -0.2) is 36.8 Å². The van der Waals surface area contributed by atoms with Crippen LogP contribution < -0.4 is 10.6 Å². The van der Waals surface area contributed by atoms with Crippen LogP contribution >= 0.6 is 12.2 Å². The van der Waals surface area contributed by atoms with Gasteiger partial charge in [-0.1, -0.05) is 12.2 Å². The average Bonchev–Trinajstić information content (AvgIpc) is 2.39. The number of hydrogen-bond donors (Lipinski definition) is 1. The van der Waals surface area contributed by atoms with Crippen LogP contribution in [0, 0.1) is 12.8 Å². The Kier molecular flexibility index (Phi) is 4.71. The van der Waals surface area contributed by atoms with Gasteiger partial charge < -0.3 is 15.4 Å². The van der Waals surface area contributed by atoms with Gasteiger partial charge in [0.15, 0.2) is 0 Å². The molecule has 1 fully saturated rings. The molecule has 1 saturated heterocycles. The van der Waals surface area contributed by atoms with E-state index in [1.165, 1.54) is 0 Å². The van der Waals surface area contributed by atoms with Crippen molar-refractivity contribution in [3.8, 4) is 0 Å². The van der Waals surface area contributed by atoms with E-state index in [2.05, 4.69) is 16.9 Å². The molecule has 1 aliphatic heterocycles. The quantitative estimate of drug-likeness (QED) is 0.853. The van der Waals surface area contributed by atoms with E-state index in [9.17, 15) is 0 Å². The summed E-state index contributed by atoms with van der Waals surface area (Å²) in [5.41, 5.74) is 7.62. The molecule has 2 N–H and O–H groups in total. The monoisotopic (exact) mass is 279 g/mol. The standard InChI is InChI=1S/C14H21N3OS/c1-10-3-4-12(13(15)19)14(16-10)17(2)9-11-5-7-18-8-6-11/h3-4,11H,5-9H2,1-2H3,(H2,15,19). The summed E-state index contributed by atoms with van der Waals surface area (Å²) in [4.78, 5) is 7.16. The van der Waals surface area contributed by atoms with Crippen LogP contribution in [-0.2, 0) is 4.74 Å². The maximum Gasteiger partial charge on any atom is 0.138 e. The topological polar surface area (TPSA) is 51.4 Å². The number of hydrogen-bond acceptors (Lipinski definition) is 4. The molecule has 1 aliphatic rings. The van der Waals surface area contributed by atoms with Crippen molar-refractivity contribution >= 4 is 23.0 Å². The van der Waals surface area contributed by atoms with E-state index < -0.39 is 0 Å². The molecule has 0 saturated carbocycles. The van der Waals surface area contributed by atoms with E-state index in [0.717, 1.165) is 49.7 Å². The Labute approximate surface area is 120 Å². The van der Waals surface area contributed by atoms with Crippen molar-refractivity contribution < 1.29 is 4.74 Å². The van der Waals surface area contributed by atoms with Gasteiger partial charge in [0.1, 0.15) is 10.8 Å². The molecule has 104 valence electrons. The number of aryl methyl sites for hydroxylation is 1. The van der Waals surface area contributed by atoms with Gasteiger partial charge in [-0.3, -0.25) is 0 Å². The van der Waals surface area contributed by atoms with E-state index in [0.29, 0.717) is 10.9 Å².